The number of furan rings is 1. The summed E-state index contributed by atoms with van der Waals surface area (Å²) in [5, 5.41) is 3.88. The number of fused-ring (bicyclic) bond motifs is 2. The van der Waals surface area contributed by atoms with Gasteiger partial charge < -0.3 is 14.2 Å². The Labute approximate surface area is 149 Å². The molecule has 0 radical (unpaired) electrons. The maximum absolute atomic E-state index is 12.7. The van der Waals surface area contributed by atoms with Crippen molar-refractivity contribution in [2.45, 2.75) is 25.9 Å². The minimum Gasteiger partial charge on any atom is -0.459 e. The van der Waals surface area contributed by atoms with Crippen LogP contribution in [0, 0.1) is 0 Å². The lowest BCUT2D eigenvalue weighted by Crippen LogP contribution is -2.35. The third-order valence-electron chi connectivity index (χ3n) is 4.52. The Morgan fingerprint density at radius 1 is 1.00 bits per heavy atom. The first kappa shape index (κ1) is 16.2. The van der Waals surface area contributed by atoms with Crippen LogP contribution in [-0.2, 0) is 4.79 Å². The molecule has 2 atom stereocenters. The molecule has 2 unspecified atom stereocenters. The highest BCUT2D eigenvalue weighted by Gasteiger charge is 2.23. The number of nitrogens with zero attached hydrogens (tertiary/aromatic N) is 1. The van der Waals surface area contributed by atoms with E-state index in [0.717, 1.165) is 11.0 Å². The maximum Gasteiger partial charge on any atom is 0.420 e. The Morgan fingerprint density at radius 3 is 2.46 bits per heavy atom. The number of rotatable bonds is 4. The van der Waals surface area contributed by atoms with Crippen molar-refractivity contribution in [1.82, 2.24) is 9.88 Å². The van der Waals surface area contributed by atoms with E-state index in [2.05, 4.69) is 5.32 Å². The molecule has 2 aromatic carbocycles. The molecule has 132 valence electrons. The van der Waals surface area contributed by atoms with Gasteiger partial charge in [0.25, 0.3) is 0 Å². The van der Waals surface area contributed by atoms with E-state index in [1.54, 1.807) is 31.2 Å². The van der Waals surface area contributed by atoms with Crippen molar-refractivity contribution < 1.29 is 13.6 Å². The molecule has 6 nitrogen and oxygen atoms in total. The average molecular weight is 350 g/mol. The molecule has 1 N–H and O–H groups in total. The Morgan fingerprint density at radius 2 is 1.69 bits per heavy atom. The molecule has 0 saturated heterocycles. The van der Waals surface area contributed by atoms with Gasteiger partial charge in [-0.3, -0.25) is 9.36 Å². The molecule has 1 amide bonds. The molecule has 0 fully saturated rings. The smallest absolute Gasteiger partial charge is 0.420 e. The van der Waals surface area contributed by atoms with Gasteiger partial charge in [0.05, 0.1) is 11.6 Å². The molecule has 4 rings (SSSR count). The number of aromatic nitrogens is 1. The topological polar surface area (TPSA) is 77.4 Å². The van der Waals surface area contributed by atoms with Crippen molar-refractivity contribution in [3.63, 3.8) is 0 Å². The molecule has 2 aromatic heterocycles. The van der Waals surface area contributed by atoms with Gasteiger partial charge in [0.1, 0.15) is 17.4 Å². The van der Waals surface area contributed by atoms with Crippen molar-refractivity contribution in [3.8, 4) is 0 Å². The molecule has 0 aliphatic rings. The van der Waals surface area contributed by atoms with E-state index in [4.69, 9.17) is 8.83 Å². The fourth-order valence-electron chi connectivity index (χ4n) is 3.09. The summed E-state index contributed by atoms with van der Waals surface area (Å²) in [5.41, 5.74) is 1.83. The van der Waals surface area contributed by atoms with Crippen LogP contribution >= 0.6 is 0 Å². The molecule has 0 saturated carbocycles. The number of carbonyl (C=O) groups excluding carboxylic acids is 1. The zero-order chi connectivity index (χ0) is 18.3. The van der Waals surface area contributed by atoms with Gasteiger partial charge in [0, 0.05) is 5.39 Å². The van der Waals surface area contributed by atoms with E-state index < -0.39 is 11.8 Å². The van der Waals surface area contributed by atoms with Gasteiger partial charge in [0.15, 0.2) is 5.58 Å². The summed E-state index contributed by atoms with van der Waals surface area (Å²) < 4.78 is 12.4. The Kier molecular flexibility index (Phi) is 3.88. The highest BCUT2D eigenvalue weighted by molar-refractivity contribution is 5.83. The molecule has 0 bridgehead atoms. The molecule has 26 heavy (non-hydrogen) atoms. The van der Waals surface area contributed by atoms with E-state index in [0.29, 0.717) is 16.9 Å². The van der Waals surface area contributed by atoms with Crippen molar-refractivity contribution in [2.75, 3.05) is 0 Å². The summed E-state index contributed by atoms with van der Waals surface area (Å²) in [6, 6.07) is 15.6. The summed E-state index contributed by atoms with van der Waals surface area (Å²) in [4.78, 5) is 24.8. The number of nitrogens with one attached hydrogen (secondary N) is 1. The largest absolute Gasteiger partial charge is 0.459 e. The fourth-order valence-corrected chi connectivity index (χ4v) is 3.09. The normalized spacial score (nSPS) is 13.8. The van der Waals surface area contributed by atoms with Gasteiger partial charge in [-0.15, -0.1) is 0 Å². The predicted octanol–water partition coefficient (Wildman–Crippen LogP) is 3.78. The second-order valence-corrected chi connectivity index (χ2v) is 6.30. The second kappa shape index (κ2) is 6.22. The lowest BCUT2D eigenvalue weighted by Gasteiger charge is -2.16. The van der Waals surface area contributed by atoms with Crippen LogP contribution in [0.25, 0.3) is 22.1 Å². The minimum atomic E-state index is -0.710. The van der Waals surface area contributed by atoms with Crippen LogP contribution in [-0.4, -0.2) is 10.5 Å². The number of oxazole rings is 1. The van der Waals surface area contributed by atoms with E-state index in [9.17, 15) is 9.59 Å². The van der Waals surface area contributed by atoms with Gasteiger partial charge in [-0.25, -0.2) is 4.79 Å². The van der Waals surface area contributed by atoms with Crippen LogP contribution in [0.4, 0.5) is 0 Å². The molecular formula is C20H18N2O4. The van der Waals surface area contributed by atoms with Gasteiger partial charge in [-0.2, -0.15) is 0 Å². The number of hydrogen-bond acceptors (Lipinski definition) is 4. The van der Waals surface area contributed by atoms with Gasteiger partial charge in [-0.05, 0) is 38.1 Å². The second-order valence-electron chi connectivity index (χ2n) is 6.30. The number of benzene rings is 2. The quantitative estimate of drug-likeness (QED) is 0.608. The molecule has 4 aromatic rings. The standard InChI is InChI=1S/C20H18N2O4/c1-12(18-11-14-7-3-5-9-16(14)25-18)21-19(23)13(2)22-15-8-4-6-10-17(15)26-20(22)24/h3-13H,1-2H3,(H,21,23). The molecule has 0 aliphatic heterocycles. The number of para-hydroxylation sites is 3. The lowest BCUT2D eigenvalue weighted by molar-refractivity contribution is -0.124. The zero-order valence-corrected chi connectivity index (χ0v) is 14.4. The fraction of sp³-hybridized carbons (Fsp3) is 0.200. The lowest BCUT2D eigenvalue weighted by atomic mass is 10.2. The van der Waals surface area contributed by atoms with Crippen LogP contribution in [0.2, 0.25) is 0 Å². The Hall–Kier alpha value is -3.28. The van der Waals surface area contributed by atoms with Crippen LogP contribution in [0.5, 0.6) is 0 Å². The first-order valence-corrected chi connectivity index (χ1v) is 8.43. The van der Waals surface area contributed by atoms with E-state index in [1.807, 2.05) is 37.3 Å². The summed E-state index contributed by atoms with van der Waals surface area (Å²) in [6.07, 6.45) is 0. The number of hydrogen-bond donors (Lipinski definition) is 1. The summed E-state index contributed by atoms with van der Waals surface area (Å²) >= 11 is 0. The zero-order valence-electron chi connectivity index (χ0n) is 14.4. The first-order valence-electron chi connectivity index (χ1n) is 8.43. The Balaban J connectivity index is 1.58. The number of amides is 1. The highest BCUT2D eigenvalue weighted by atomic mass is 16.4. The minimum absolute atomic E-state index is 0.286. The third kappa shape index (κ3) is 2.69. The average Bonchev–Trinajstić information content (AvgIpc) is 3.21. The first-order chi connectivity index (χ1) is 12.5. The van der Waals surface area contributed by atoms with E-state index in [-0.39, 0.29) is 11.9 Å². The monoisotopic (exact) mass is 350 g/mol. The molecule has 0 spiro atoms. The summed E-state index contributed by atoms with van der Waals surface area (Å²) in [7, 11) is 0. The SMILES string of the molecule is CC(NC(=O)C(C)n1c(=O)oc2ccccc21)c1cc2ccccc2o1. The summed E-state index contributed by atoms with van der Waals surface area (Å²) in [5.74, 6) is -0.173. The summed E-state index contributed by atoms with van der Waals surface area (Å²) in [6.45, 7) is 3.52. The van der Waals surface area contributed by atoms with Crippen LogP contribution in [0.15, 0.2) is 68.2 Å². The maximum atomic E-state index is 12.7. The van der Waals surface area contributed by atoms with Crippen LogP contribution in [0.1, 0.15) is 31.7 Å². The molecule has 2 heterocycles. The number of carbonyl (C=O) groups is 1. The van der Waals surface area contributed by atoms with Crippen LogP contribution < -0.4 is 11.1 Å². The van der Waals surface area contributed by atoms with Crippen molar-refractivity contribution in [1.29, 1.82) is 0 Å². The predicted molar refractivity (Wildman–Crippen MR) is 98.0 cm³/mol. The molecular weight excluding hydrogens is 332 g/mol. The molecule has 0 aliphatic carbocycles. The van der Waals surface area contributed by atoms with Gasteiger partial charge in [-0.1, -0.05) is 30.3 Å². The van der Waals surface area contributed by atoms with E-state index in [1.165, 1.54) is 4.57 Å². The van der Waals surface area contributed by atoms with Gasteiger partial charge in [0.2, 0.25) is 5.91 Å². The highest BCUT2D eigenvalue weighted by Crippen LogP contribution is 2.24. The van der Waals surface area contributed by atoms with Crippen molar-refractivity contribution in [3.05, 3.63) is 70.9 Å². The van der Waals surface area contributed by atoms with Crippen molar-refractivity contribution in [2.24, 2.45) is 0 Å². The van der Waals surface area contributed by atoms with E-state index >= 15 is 0 Å². The Bertz CT molecular complexity index is 1120. The van der Waals surface area contributed by atoms with Crippen molar-refractivity contribution >= 4 is 28.0 Å². The third-order valence-corrected chi connectivity index (χ3v) is 4.52. The van der Waals surface area contributed by atoms with Crippen LogP contribution in [0.3, 0.4) is 0 Å². The molecule has 6 heteroatoms. The van der Waals surface area contributed by atoms with Gasteiger partial charge >= 0.3 is 5.76 Å².